The summed E-state index contributed by atoms with van der Waals surface area (Å²) in [6, 6.07) is 0.320. The fraction of sp³-hybridized carbons (Fsp3) is 1.00. The molecule has 0 aliphatic carbocycles. The summed E-state index contributed by atoms with van der Waals surface area (Å²) < 4.78 is 5.62. The first-order chi connectivity index (χ1) is 8.24. The van der Waals surface area contributed by atoms with Gasteiger partial charge in [-0.25, -0.2) is 0 Å². The van der Waals surface area contributed by atoms with Crippen LogP contribution in [-0.4, -0.2) is 43.3 Å². The number of hydrogen-bond donors (Lipinski definition) is 1. The highest BCUT2D eigenvalue weighted by Crippen LogP contribution is 2.25. The Morgan fingerprint density at radius 2 is 2.06 bits per heavy atom. The van der Waals surface area contributed by atoms with Crippen LogP contribution in [0.3, 0.4) is 0 Å². The minimum atomic E-state index is 0.0480. The molecule has 1 aliphatic heterocycles. The van der Waals surface area contributed by atoms with Gasteiger partial charge in [0.25, 0.3) is 0 Å². The molecule has 2 N–H and O–H groups in total. The summed E-state index contributed by atoms with van der Waals surface area (Å²) in [7, 11) is 1.83. The van der Waals surface area contributed by atoms with Crippen molar-refractivity contribution in [2.45, 2.75) is 65.0 Å². The van der Waals surface area contributed by atoms with Crippen molar-refractivity contribution in [1.82, 2.24) is 4.90 Å². The highest BCUT2D eigenvalue weighted by molar-refractivity contribution is 4.85. The Bertz CT molecular complexity index is 249. The molecule has 3 heteroatoms. The molecule has 0 bridgehead atoms. The average Bonchev–Trinajstić information content (AvgIpc) is 2.24. The van der Waals surface area contributed by atoms with Crippen LogP contribution in [0.1, 0.15) is 53.4 Å². The number of methoxy groups -OCH3 is 1. The van der Waals surface area contributed by atoms with Crippen molar-refractivity contribution < 1.29 is 4.74 Å². The second kappa shape index (κ2) is 6.36. The Morgan fingerprint density at radius 3 is 2.61 bits per heavy atom. The summed E-state index contributed by atoms with van der Waals surface area (Å²) in [5.74, 6) is 0. The van der Waals surface area contributed by atoms with Crippen molar-refractivity contribution >= 4 is 0 Å². The van der Waals surface area contributed by atoms with E-state index in [0.717, 1.165) is 25.9 Å². The number of nitrogens with two attached hydrogens (primary N) is 1. The van der Waals surface area contributed by atoms with E-state index < -0.39 is 0 Å². The second-order valence-corrected chi connectivity index (χ2v) is 7.35. The van der Waals surface area contributed by atoms with Crippen LogP contribution < -0.4 is 5.73 Å². The van der Waals surface area contributed by atoms with E-state index in [9.17, 15) is 0 Å². The Morgan fingerprint density at radius 1 is 1.39 bits per heavy atom. The van der Waals surface area contributed by atoms with E-state index in [1.54, 1.807) is 0 Å². The monoisotopic (exact) mass is 256 g/mol. The van der Waals surface area contributed by atoms with E-state index in [1.807, 2.05) is 7.11 Å². The Hall–Kier alpha value is -0.120. The number of piperidine rings is 1. The van der Waals surface area contributed by atoms with Crippen LogP contribution in [0, 0.1) is 5.41 Å². The normalized spacial score (nSPS) is 28.3. The molecule has 2 atom stereocenters. The average molecular weight is 256 g/mol. The molecule has 0 spiro atoms. The van der Waals surface area contributed by atoms with Gasteiger partial charge in [0.1, 0.15) is 0 Å². The third kappa shape index (κ3) is 5.68. The van der Waals surface area contributed by atoms with E-state index in [0.29, 0.717) is 11.5 Å². The molecule has 3 nitrogen and oxygen atoms in total. The highest BCUT2D eigenvalue weighted by atomic mass is 16.5. The quantitative estimate of drug-likeness (QED) is 0.822. The van der Waals surface area contributed by atoms with Crippen LogP contribution in [-0.2, 0) is 4.74 Å². The molecule has 1 saturated heterocycles. The van der Waals surface area contributed by atoms with Gasteiger partial charge in [-0.15, -0.1) is 0 Å². The van der Waals surface area contributed by atoms with Crippen LogP contribution >= 0.6 is 0 Å². The minimum Gasteiger partial charge on any atom is -0.377 e. The fourth-order valence-corrected chi connectivity index (χ4v) is 2.90. The number of likely N-dealkylation sites (tertiary alicyclic amines) is 1. The van der Waals surface area contributed by atoms with Crippen molar-refractivity contribution in [2.24, 2.45) is 11.1 Å². The van der Waals surface area contributed by atoms with Gasteiger partial charge in [0.2, 0.25) is 0 Å². The lowest BCUT2D eigenvalue weighted by molar-refractivity contribution is -0.0511. The lowest BCUT2D eigenvalue weighted by Crippen LogP contribution is -2.48. The van der Waals surface area contributed by atoms with Crippen LogP contribution in [0.15, 0.2) is 0 Å². The number of hydrogen-bond acceptors (Lipinski definition) is 3. The van der Waals surface area contributed by atoms with Crippen molar-refractivity contribution in [2.75, 3.05) is 26.7 Å². The molecule has 18 heavy (non-hydrogen) atoms. The molecular formula is C15H32N2O. The summed E-state index contributed by atoms with van der Waals surface area (Å²) in [4.78, 5) is 2.51. The molecule has 0 aromatic rings. The third-order valence-electron chi connectivity index (χ3n) is 3.92. The molecule has 0 amide bonds. The summed E-state index contributed by atoms with van der Waals surface area (Å²) in [5.41, 5.74) is 6.60. The maximum atomic E-state index is 6.22. The minimum absolute atomic E-state index is 0.0480. The van der Waals surface area contributed by atoms with Crippen LogP contribution in [0.5, 0.6) is 0 Å². The largest absolute Gasteiger partial charge is 0.377 e. The first-order valence-corrected chi connectivity index (χ1v) is 7.27. The topological polar surface area (TPSA) is 38.5 Å². The van der Waals surface area contributed by atoms with Gasteiger partial charge in [0, 0.05) is 19.7 Å². The maximum absolute atomic E-state index is 6.22. The standard InChI is InChI=1S/C15H32N2O/c1-14(2,3)11-13(16)7-10-17-9-6-8-15(4,12-17)18-5/h13H,6-12,16H2,1-5H3. The summed E-state index contributed by atoms with van der Waals surface area (Å²) in [6.45, 7) is 12.3. The Kier molecular flexibility index (Phi) is 5.63. The van der Waals surface area contributed by atoms with Gasteiger partial charge in [-0.05, 0) is 51.1 Å². The summed E-state index contributed by atoms with van der Waals surface area (Å²) in [5, 5.41) is 0. The summed E-state index contributed by atoms with van der Waals surface area (Å²) in [6.07, 6.45) is 4.60. The molecule has 0 aromatic carbocycles. The van der Waals surface area contributed by atoms with Crippen molar-refractivity contribution in [3.8, 4) is 0 Å². The van der Waals surface area contributed by atoms with Gasteiger partial charge in [0.15, 0.2) is 0 Å². The van der Waals surface area contributed by atoms with Gasteiger partial charge in [-0.2, -0.15) is 0 Å². The molecule has 108 valence electrons. The van der Waals surface area contributed by atoms with Crippen LogP contribution in [0.4, 0.5) is 0 Å². The Labute approximate surface area is 113 Å². The van der Waals surface area contributed by atoms with Gasteiger partial charge in [-0.3, -0.25) is 0 Å². The molecule has 1 heterocycles. The van der Waals surface area contributed by atoms with Gasteiger partial charge < -0.3 is 15.4 Å². The van der Waals surface area contributed by atoms with Gasteiger partial charge >= 0.3 is 0 Å². The van der Waals surface area contributed by atoms with Gasteiger partial charge in [0.05, 0.1) is 5.60 Å². The van der Waals surface area contributed by atoms with Crippen LogP contribution in [0.2, 0.25) is 0 Å². The van der Waals surface area contributed by atoms with E-state index in [-0.39, 0.29) is 5.60 Å². The smallest absolute Gasteiger partial charge is 0.0777 e. The third-order valence-corrected chi connectivity index (χ3v) is 3.92. The highest BCUT2D eigenvalue weighted by Gasteiger charge is 2.30. The lowest BCUT2D eigenvalue weighted by Gasteiger charge is -2.40. The Balaban J connectivity index is 2.31. The maximum Gasteiger partial charge on any atom is 0.0777 e. The number of rotatable bonds is 5. The molecule has 2 unspecified atom stereocenters. The van der Waals surface area contributed by atoms with E-state index >= 15 is 0 Å². The van der Waals surface area contributed by atoms with Crippen molar-refractivity contribution in [1.29, 1.82) is 0 Å². The van der Waals surface area contributed by atoms with Crippen molar-refractivity contribution in [3.05, 3.63) is 0 Å². The number of nitrogens with zero attached hydrogens (tertiary/aromatic N) is 1. The molecule has 0 aromatic heterocycles. The SMILES string of the molecule is COC1(C)CCCN(CCC(N)CC(C)(C)C)C1. The molecule has 0 saturated carbocycles. The van der Waals surface area contributed by atoms with E-state index in [1.165, 1.54) is 19.4 Å². The first-order valence-electron chi connectivity index (χ1n) is 7.27. The van der Waals surface area contributed by atoms with E-state index in [2.05, 4.69) is 32.6 Å². The van der Waals surface area contributed by atoms with Gasteiger partial charge in [-0.1, -0.05) is 20.8 Å². The zero-order valence-electron chi connectivity index (χ0n) is 13.0. The lowest BCUT2D eigenvalue weighted by atomic mass is 9.87. The summed E-state index contributed by atoms with van der Waals surface area (Å²) >= 11 is 0. The zero-order chi connectivity index (χ0) is 13.8. The molecule has 1 fully saturated rings. The molecule has 0 radical (unpaired) electrons. The fourth-order valence-electron chi connectivity index (χ4n) is 2.90. The van der Waals surface area contributed by atoms with Crippen molar-refractivity contribution in [3.63, 3.8) is 0 Å². The predicted octanol–water partition coefficient (Wildman–Crippen LogP) is 2.64. The zero-order valence-corrected chi connectivity index (χ0v) is 13.0. The van der Waals surface area contributed by atoms with E-state index in [4.69, 9.17) is 10.5 Å². The molecule has 1 aliphatic rings. The second-order valence-electron chi connectivity index (χ2n) is 7.35. The molecular weight excluding hydrogens is 224 g/mol. The predicted molar refractivity (Wildman–Crippen MR) is 77.8 cm³/mol. The molecule has 1 rings (SSSR count). The number of ether oxygens (including phenoxy) is 1. The first kappa shape index (κ1) is 15.9. The van der Waals surface area contributed by atoms with Crippen LogP contribution in [0.25, 0.3) is 0 Å².